The smallest absolute Gasteiger partial charge is 0.242 e. The Morgan fingerprint density at radius 2 is 2.29 bits per heavy atom. The second kappa shape index (κ2) is 5.49. The van der Waals surface area contributed by atoms with Gasteiger partial charge in [-0.1, -0.05) is 0 Å². The van der Waals surface area contributed by atoms with Crippen molar-refractivity contribution in [3.63, 3.8) is 0 Å². The van der Waals surface area contributed by atoms with E-state index in [0.29, 0.717) is 11.5 Å². The first-order valence-electron chi connectivity index (χ1n) is 5.70. The summed E-state index contributed by atoms with van der Waals surface area (Å²) in [5.74, 6) is 0.646. The van der Waals surface area contributed by atoms with Crippen molar-refractivity contribution >= 4 is 17.4 Å². The van der Waals surface area contributed by atoms with Gasteiger partial charge in [-0.15, -0.1) is 0 Å². The molecule has 2 heterocycles. The quantitative estimate of drug-likeness (QED) is 0.658. The van der Waals surface area contributed by atoms with Gasteiger partial charge in [0, 0.05) is 32.4 Å². The first-order chi connectivity index (χ1) is 8.27. The van der Waals surface area contributed by atoms with E-state index in [1.807, 2.05) is 4.90 Å². The van der Waals surface area contributed by atoms with Crippen molar-refractivity contribution in [2.45, 2.75) is 0 Å². The van der Waals surface area contributed by atoms with Crippen LogP contribution in [-0.4, -0.2) is 48.5 Å². The fourth-order valence-corrected chi connectivity index (χ4v) is 1.75. The molecule has 1 aliphatic heterocycles. The van der Waals surface area contributed by atoms with Gasteiger partial charge in [0.05, 0.1) is 12.2 Å². The van der Waals surface area contributed by atoms with Gasteiger partial charge in [0.1, 0.15) is 5.82 Å². The van der Waals surface area contributed by atoms with Crippen LogP contribution in [0.4, 0.5) is 11.5 Å². The zero-order chi connectivity index (χ0) is 12.1. The molecule has 6 heteroatoms. The fraction of sp³-hybridized carbons (Fsp3) is 0.455. The monoisotopic (exact) mass is 235 g/mol. The third-order valence-electron chi connectivity index (χ3n) is 2.72. The number of nitrogens with zero attached hydrogens (tertiary/aromatic N) is 2. The Kier molecular flexibility index (Phi) is 3.77. The molecule has 0 aliphatic carbocycles. The predicted octanol–water partition coefficient (Wildman–Crippen LogP) is -0.493. The Morgan fingerprint density at radius 3 is 3.00 bits per heavy atom. The van der Waals surface area contributed by atoms with Gasteiger partial charge in [-0.2, -0.15) is 0 Å². The Hall–Kier alpha value is -1.82. The van der Waals surface area contributed by atoms with Crippen molar-refractivity contribution in [1.82, 2.24) is 15.2 Å². The van der Waals surface area contributed by atoms with E-state index in [9.17, 15) is 4.79 Å². The van der Waals surface area contributed by atoms with Gasteiger partial charge in [-0.25, -0.2) is 4.98 Å². The summed E-state index contributed by atoms with van der Waals surface area (Å²) in [4.78, 5) is 17.8. The predicted molar refractivity (Wildman–Crippen MR) is 66.6 cm³/mol. The van der Waals surface area contributed by atoms with Crippen molar-refractivity contribution in [3.05, 3.63) is 18.3 Å². The fourth-order valence-electron chi connectivity index (χ4n) is 1.75. The average Bonchev–Trinajstić information content (AvgIpc) is 2.38. The van der Waals surface area contributed by atoms with Gasteiger partial charge in [-0.05, 0) is 12.1 Å². The molecule has 0 unspecified atom stereocenters. The number of nitrogen functional groups attached to an aromatic ring is 1. The van der Waals surface area contributed by atoms with E-state index in [-0.39, 0.29) is 12.5 Å². The molecule has 17 heavy (non-hydrogen) atoms. The maximum Gasteiger partial charge on any atom is 0.242 e. The molecule has 1 amide bonds. The Morgan fingerprint density at radius 1 is 1.53 bits per heavy atom. The van der Waals surface area contributed by atoms with Crippen molar-refractivity contribution in [1.29, 1.82) is 0 Å². The normalized spacial score (nSPS) is 15.6. The van der Waals surface area contributed by atoms with Crippen LogP contribution in [0.25, 0.3) is 0 Å². The van der Waals surface area contributed by atoms with E-state index in [2.05, 4.69) is 15.6 Å². The third-order valence-corrected chi connectivity index (χ3v) is 2.72. The zero-order valence-corrected chi connectivity index (χ0v) is 9.65. The van der Waals surface area contributed by atoms with Crippen LogP contribution in [0, 0.1) is 0 Å². The molecule has 1 aliphatic rings. The van der Waals surface area contributed by atoms with Gasteiger partial charge in [-0.3, -0.25) is 4.79 Å². The van der Waals surface area contributed by atoms with Crippen LogP contribution in [0.3, 0.4) is 0 Å². The zero-order valence-electron chi connectivity index (χ0n) is 9.65. The summed E-state index contributed by atoms with van der Waals surface area (Å²) in [7, 11) is 0. The van der Waals surface area contributed by atoms with Crippen molar-refractivity contribution in [2.24, 2.45) is 0 Å². The maximum absolute atomic E-state index is 11.8. The van der Waals surface area contributed by atoms with Gasteiger partial charge < -0.3 is 21.3 Å². The molecule has 1 aromatic rings. The van der Waals surface area contributed by atoms with Crippen LogP contribution in [0.2, 0.25) is 0 Å². The van der Waals surface area contributed by atoms with Crippen LogP contribution in [0.5, 0.6) is 0 Å². The maximum atomic E-state index is 11.8. The molecule has 1 saturated heterocycles. The second-order valence-electron chi connectivity index (χ2n) is 3.93. The minimum atomic E-state index is 0.0801. The number of nitrogens with one attached hydrogen (secondary N) is 2. The first-order valence-corrected chi connectivity index (χ1v) is 5.70. The number of carbonyl (C=O) groups is 1. The molecular weight excluding hydrogens is 218 g/mol. The summed E-state index contributed by atoms with van der Waals surface area (Å²) in [6, 6.07) is 3.52. The third kappa shape index (κ3) is 3.07. The standard InChI is InChI=1S/C11H17N5O/c12-9-2-1-3-14-11(9)15-8-10(17)16-6-4-13-5-7-16/h1-3,13H,4-8,12H2,(H,14,15). The van der Waals surface area contributed by atoms with Crippen molar-refractivity contribution in [2.75, 3.05) is 43.8 Å². The summed E-state index contributed by atoms with van der Waals surface area (Å²) in [6.45, 7) is 3.48. The molecule has 0 bridgehead atoms. The minimum absolute atomic E-state index is 0.0801. The highest BCUT2D eigenvalue weighted by molar-refractivity contribution is 5.81. The lowest BCUT2D eigenvalue weighted by atomic mass is 10.3. The summed E-state index contributed by atoms with van der Waals surface area (Å²) in [5, 5.41) is 6.17. The molecule has 0 atom stereocenters. The van der Waals surface area contributed by atoms with E-state index in [1.165, 1.54) is 0 Å². The highest BCUT2D eigenvalue weighted by atomic mass is 16.2. The van der Waals surface area contributed by atoms with Gasteiger partial charge in [0.2, 0.25) is 5.91 Å². The van der Waals surface area contributed by atoms with Crippen LogP contribution >= 0.6 is 0 Å². The molecular formula is C11H17N5O. The van der Waals surface area contributed by atoms with E-state index >= 15 is 0 Å². The molecule has 2 rings (SSSR count). The van der Waals surface area contributed by atoms with Crippen LogP contribution in [0.1, 0.15) is 0 Å². The topological polar surface area (TPSA) is 83.3 Å². The molecule has 1 fully saturated rings. The SMILES string of the molecule is Nc1cccnc1NCC(=O)N1CCNCC1. The number of rotatable bonds is 3. The number of aromatic nitrogens is 1. The summed E-state index contributed by atoms with van der Waals surface area (Å²) < 4.78 is 0. The number of amides is 1. The molecule has 6 nitrogen and oxygen atoms in total. The molecule has 0 spiro atoms. The van der Waals surface area contributed by atoms with Crippen molar-refractivity contribution in [3.8, 4) is 0 Å². The number of nitrogens with two attached hydrogens (primary N) is 1. The number of piperazine rings is 1. The Balaban J connectivity index is 1.85. The average molecular weight is 235 g/mol. The largest absolute Gasteiger partial charge is 0.396 e. The van der Waals surface area contributed by atoms with E-state index < -0.39 is 0 Å². The van der Waals surface area contributed by atoms with E-state index in [1.54, 1.807) is 18.3 Å². The highest BCUT2D eigenvalue weighted by Gasteiger charge is 2.15. The van der Waals surface area contributed by atoms with Crippen LogP contribution < -0.4 is 16.4 Å². The lowest BCUT2D eigenvalue weighted by Crippen LogP contribution is -2.48. The lowest BCUT2D eigenvalue weighted by Gasteiger charge is -2.27. The number of anilines is 2. The lowest BCUT2D eigenvalue weighted by molar-refractivity contribution is -0.129. The molecule has 0 aromatic carbocycles. The molecule has 1 aromatic heterocycles. The molecule has 4 N–H and O–H groups in total. The Bertz CT molecular complexity index is 389. The first kappa shape index (κ1) is 11.7. The van der Waals surface area contributed by atoms with Gasteiger partial charge in [0.15, 0.2) is 0 Å². The molecule has 0 radical (unpaired) electrons. The van der Waals surface area contributed by atoms with E-state index in [0.717, 1.165) is 26.2 Å². The second-order valence-corrected chi connectivity index (χ2v) is 3.93. The highest BCUT2D eigenvalue weighted by Crippen LogP contribution is 2.12. The Labute approximate surface area is 100 Å². The summed E-state index contributed by atoms with van der Waals surface area (Å²) in [6.07, 6.45) is 1.65. The van der Waals surface area contributed by atoms with Crippen LogP contribution in [-0.2, 0) is 4.79 Å². The number of hydrogen-bond acceptors (Lipinski definition) is 5. The summed E-state index contributed by atoms with van der Waals surface area (Å²) in [5.41, 5.74) is 6.28. The number of pyridine rings is 1. The van der Waals surface area contributed by atoms with Crippen molar-refractivity contribution < 1.29 is 4.79 Å². The van der Waals surface area contributed by atoms with Gasteiger partial charge >= 0.3 is 0 Å². The molecule has 92 valence electrons. The number of hydrogen-bond donors (Lipinski definition) is 3. The number of carbonyl (C=O) groups excluding carboxylic acids is 1. The minimum Gasteiger partial charge on any atom is -0.396 e. The van der Waals surface area contributed by atoms with Crippen LogP contribution in [0.15, 0.2) is 18.3 Å². The molecule has 0 saturated carbocycles. The van der Waals surface area contributed by atoms with E-state index in [4.69, 9.17) is 5.73 Å². The summed E-state index contributed by atoms with van der Waals surface area (Å²) >= 11 is 0. The van der Waals surface area contributed by atoms with Gasteiger partial charge in [0.25, 0.3) is 0 Å².